The molecule has 2 N–H and O–H groups in total. The monoisotopic (exact) mass is 509 g/mol. The third-order valence-corrected chi connectivity index (χ3v) is 6.68. The number of aryl methyl sites for hydroxylation is 2. The second kappa shape index (κ2) is 14.3. The molecule has 0 radical (unpaired) electrons. The maximum absolute atomic E-state index is 13.6. The van der Waals surface area contributed by atoms with Crippen molar-refractivity contribution >= 4 is 5.97 Å². The Balaban J connectivity index is 1.79. The molecule has 2 heterocycles. The van der Waals surface area contributed by atoms with E-state index in [2.05, 4.69) is 16.9 Å². The number of nitrogens with one attached hydrogen (secondary N) is 1. The highest BCUT2D eigenvalue weighted by Gasteiger charge is 2.26. The largest absolute Gasteiger partial charge is 0.507 e. The van der Waals surface area contributed by atoms with Gasteiger partial charge >= 0.3 is 5.97 Å². The van der Waals surface area contributed by atoms with Crippen molar-refractivity contribution in [3.05, 3.63) is 75.7 Å². The number of benzene rings is 1. The average Bonchev–Trinajstić information content (AvgIpc) is 3.41. The van der Waals surface area contributed by atoms with Gasteiger partial charge in [-0.2, -0.15) is 0 Å². The zero-order valence-electron chi connectivity index (χ0n) is 22.2. The van der Waals surface area contributed by atoms with Crippen LogP contribution in [0, 0.1) is 6.92 Å². The number of pyridine rings is 1. The average molecular weight is 510 g/mol. The SMILES string of the molecule is CCCCCCCCOc1ccc([C@H](CC(=O)OC)c2c(O)cc(C)n(CCc3cnc[nH]3)c2=O)cc1. The van der Waals surface area contributed by atoms with Crippen molar-refractivity contribution < 1.29 is 19.4 Å². The van der Waals surface area contributed by atoms with Crippen molar-refractivity contribution in [3.8, 4) is 11.5 Å². The topological polar surface area (TPSA) is 106 Å². The quantitative estimate of drug-likeness (QED) is 0.214. The fraction of sp³-hybridized carbons (Fsp3) is 0.483. The van der Waals surface area contributed by atoms with Gasteiger partial charge in [-0.15, -0.1) is 0 Å². The van der Waals surface area contributed by atoms with Gasteiger partial charge in [0.1, 0.15) is 11.5 Å². The van der Waals surface area contributed by atoms with Gasteiger partial charge in [0.15, 0.2) is 0 Å². The van der Waals surface area contributed by atoms with E-state index in [4.69, 9.17) is 9.47 Å². The van der Waals surface area contributed by atoms with Crippen LogP contribution >= 0.6 is 0 Å². The number of carbonyl (C=O) groups excluding carboxylic acids is 1. The number of hydrogen-bond donors (Lipinski definition) is 2. The van der Waals surface area contributed by atoms with Crippen LogP contribution in [-0.2, 0) is 22.5 Å². The number of hydrogen-bond acceptors (Lipinski definition) is 6. The molecule has 0 aliphatic heterocycles. The highest BCUT2D eigenvalue weighted by molar-refractivity contribution is 5.71. The Morgan fingerprint density at radius 3 is 2.54 bits per heavy atom. The van der Waals surface area contributed by atoms with Crippen molar-refractivity contribution in [3.63, 3.8) is 0 Å². The van der Waals surface area contributed by atoms with Crippen LogP contribution in [0.4, 0.5) is 0 Å². The molecule has 1 aromatic carbocycles. The van der Waals surface area contributed by atoms with Crippen LogP contribution in [0.1, 0.15) is 80.3 Å². The number of aromatic nitrogens is 3. The first-order valence-corrected chi connectivity index (χ1v) is 13.1. The Kier molecular flexibility index (Phi) is 10.8. The lowest BCUT2D eigenvalue weighted by atomic mass is 9.88. The number of aromatic amines is 1. The van der Waals surface area contributed by atoms with Crippen LogP contribution in [0.15, 0.2) is 47.7 Å². The molecule has 0 bridgehead atoms. The van der Waals surface area contributed by atoms with E-state index in [0.29, 0.717) is 25.3 Å². The molecule has 1 atom stereocenters. The molecule has 0 aliphatic carbocycles. The summed E-state index contributed by atoms with van der Waals surface area (Å²) < 4.78 is 12.4. The zero-order valence-corrected chi connectivity index (χ0v) is 22.2. The number of methoxy groups -OCH3 is 1. The maximum atomic E-state index is 13.6. The van der Waals surface area contributed by atoms with Crippen LogP contribution in [0.3, 0.4) is 0 Å². The standard InChI is InChI=1S/C29H39N3O5/c1-4-5-6-7-8-9-16-37-24-12-10-22(11-13-24)25(18-27(34)36-3)28-26(33)17-21(2)32(29(28)35)15-14-23-19-30-20-31-23/h10-13,17,19-20,25,33H,4-9,14-16,18H2,1-3H3,(H,30,31)/t25-/m0/s1. The first kappa shape index (κ1) is 28.0. The summed E-state index contributed by atoms with van der Waals surface area (Å²) in [7, 11) is 1.32. The third-order valence-electron chi connectivity index (χ3n) is 6.68. The van der Waals surface area contributed by atoms with E-state index in [-0.39, 0.29) is 23.3 Å². The molecule has 8 heteroatoms. The van der Waals surface area contributed by atoms with E-state index in [1.165, 1.54) is 32.8 Å². The van der Waals surface area contributed by atoms with Gasteiger partial charge in [0.05, 0.1) is 32.0 Å². The minimum Gasteiger partial charge on any atom is -0.507 e. The van der Waals surface area contributed by atoms with Gasteiger partial charge in [0.25, 0.3) is 5.56 Å². The highest BCUT2D eigenvalue weighted by atomic mass is 16.5. The summed E-state index contributed by atoms with van der Waals surface area (Å²) in [5.74, 6) is -0.514. The fourth-order valence-corrected chi connectivity index (χ4v) is 4.53. The zero-order chi connectivity index (χ0) is 26.6. The molecule has 3 rings (SSSR count). The van der Waals surface area contributed by atoms with Gasteiger partial charge in [-0.25, -0.2) is 4.98 Å². The van der Waals surface area contributed by atoms with Crippen LogP contribution in [-0.4, -0.2) is 39.3 Å². The fourth-order valence-electron chi connectivity index (χ4n) is 4.53. The molecule has 0 unspecified atom stereocenters. The molecular formula is C29H39N3O5. The molecule has 200 valence electrons. The molecule has 0 saturated heterocycles. The summed E-state index contributed by atoms with van der Waals surface area (Å²) >= 11 is 0. The number of carbonyl (C=O) groups is 1. The first-order chi connectivity index (χ1) is 17.9. The van der Waals surface area contributed by atoms with Gasteiger partial charge < -0.3 is 24.1 Å². The first-order valence-electron chi connectivity index (χ1n) is 13.1. The Hall–Kier alpha value is -3.55. The molecule has 37 heavy (non-hydrogen) atoms. The van der Waals surface area contributed by atoms with Gasteiger partial charge in [0, 0.05) is 36.5 Å². The maximum Gasteiger partial charge on any atom is 0.306 e. The van der Waals surface area contributed by atoms with E-state index >= 15 is 0 Å². The number of ether oxygens (including phenoxy) is 2. The summed E-state index contributed by atoms with van der Waals surface area (Å²) in [6.07, 6.45) is 11.0. The molecule has 8 nitrogen and oxygen atoms in total. The summed E-state index contributed by atoms with van der Waals surface area (Å²) in [4.78, 5) is 33.0. The molecule has 2 aromatic heterocycles. The second-order valence-corrected chi connectivity index (χ2v) is 9.39. The molecule has 0 saturated carbocycles. The number of aromatic hydroxyl groups is 1. The normalized spacial score (nSPS) is 11.9. The van der Waals surface area contributed by atoms with Gasteiger partial charge in [-0.1, -0.05) is 51.2 Å². The minimum atomic E-state index is -0.661. The highest BCUT2D eigenvalue weighted by Crippen LogP contribution is 2.33. The smallest absolute Gasteiger partial charge is 0.306 e. The van der Waals surface area contributed by atoms with Gasteiger partial charge in [-0.3, -0.25) is 9.59 Å². The van der Waals surface area contributed by atoms with E-state index in [1.54, 1.807) is 30.1 Å². The predicted octanol–water partition coefficient (Wildman–Crippen LogP) is 5.26. The van der Waals surface area contributed by atoms with Crippen LogP contribution < -0.4 is 10.3 Å². The number of esters is 1. The molecule has 0 aliphatic rings. The molecular weight excluding hydrogens is 470 g/mol. The van der Waals surface area contributed by atoms with Crippen LogP contribution in [0.5, 0.6) is 11.5 Å². The van der Waals surface area contributed by atoms with E-state index in [1.807, 2.05) is 24.3 Å². The van der Waals surface area contributed by atoms with Gasteiger partial charge in [-0.05, 0) is 37.1 Å². The summed E-state index contributed by atoms with van der Waals surface area (Å²) in [5, 5.41) is 10.8. The van der Waals surface area contributed by atoms with Gasteiger partial charge in [0.2, 0.25) is 0 Å². The van der Waals surface area contributed by atoms with Crippen LogP contribution in [0.2, 0.25) is 0 Å². The van der Waals surface area contributed by atoms with E-state index in [9.17, 15) is 14.7 Å². The predicted molar refractivity (Wildman–Crippen MR) is 143 cm³/mol. The molecule has 3 aromatic rings. The Bertz CT molecular complexity index is 1170. The number of H-pyrrole nitrogens is 1. The Morgan fingerprint density at radius 2 is 1.86 bits per heavy atom. The van der Waals surface area contributed by atoms with Crippen molar-refractivity contribution in [2.45, 2.75) is 77.7 Å². The van der Waals surface area contributed by atoms with Crippen molar-refractivity contribution in [2.75, 3.05) is 13.7 Å². The summed E-state index contributed by atoms with van der Waals surface area (Å²) in [5.41, 5.74) is 2.13. The summed E-state index contributed by atoms with van der Waals surface area (Å²) in [6, 6.07) is 8.96. The summed E-state index contributed by atoms with van der Waals surface area (Å²) in [6.45, 7) is 5.05. The Morgan fingerprint density at radius 1 is 1.14 bits per heavy atom. The second-order valence-electron chi connectivity index (χ2n) is 9.39. The lowest BCUT2D eigenvalue weighted by Gasteiger charge is -2.21. The molecule has 0 amide bonds. The third kappa shape index (κ3) is 7.97. The lowest BCUT2D eigenvalue weighted by Crippen LogP contribution is -2.29. The Labute approximate surface area is 218 Å². The van der Waals surface area contributed by atoms with E-state index in [0.717, 1.165) is 29.8 Å². The van der Waals surface area contributed by atoms with E-state index < -0.39 is 11.9 Å². The molecule has 0 spiro atoms. The van der Waals surface area contributed by atoms with Crippen molar-refractivity contribution in [2.24, 2.45) is 0 Å². The lowest BCUT2D eigenvalue weighted by molar-refractivity contribution is -0.140. The number of imidazole rings is 1. The number of nitrogens with zero attached hydrogens (tertiary/aromatic N) is 2. The van der Waals surface area contributed by atoms with Crippen molar-refractivity contribution in [1.29, 1.82) is 0 Å². The number of rotatable bonds is 15. The van der Waals surface area contributed by atoms with Crippen LogP contribution in [0.25, 0.3) is 0 Å². The minimum absolute atomic E-state index is 0.0686. The van der Waals surface area contributed by atoms with Crippen molar-refractivity contribution in [1.82, 2.24) is 14.5 Å². The molecule has 0 fully saturated rings. The number of unbranched alkanes of at least 4 members (excludes halogenated alkanes) is 5.